The van der Waals surface area contributed by atoms with Gasteiger partial charge in [0.05, 0.1) is 11.5 Å². The molecule has 0 radical (unpaired) electrons. The molecule has 1 aromatic rings. The number of carbonyl (C=O) groups is 4. The Morgan fingerprint density at radius 2 is 1.56 bits per heavy atom. The maximum atomic E-state index is 11.7. The van der Waals surface area contributed by atoms with Crippen LogP contribution in [0.4, 0.5) is 5.69 Å². The average molecular weight is 387 g/mol. The molecular weight excluding hydrogens is 368 g/mol. The molecule has 10 heteroatoms. The van der Waals surface area contributed by atoms with E-state index in [4.69, 9.17) is 11.6 Å². The predicted octanol–water partition coefficient (Wildman–Crippen LogP) is 0.684. The van der Waals surface area contributed by atoms with Gasteiger partial charge in [-0.3, -0.25) is 30.0 Å². The van der Waals surface area contributed by atoms with Crippen LogP contribution in [0, 0.1) is 0 Å². The van der Waals surface area contributed by atoms with E-state index in [0.29, 0.717) is 10.7 Å². The summed E-state index contributed by atoms with van der Waals surface area (Å²) < 4.78 is 0. The van der Waals surface area contributed by atoms with Crippen LogP contribution in [0.5, 0.6) is 0 Å². The second kappa shape index (κ2) is 10.6. The molecule has 0 saturated carbocycles. The first kappa shape index (κ1) is 20.8. The van der Waals surface area contributed by atoms with Gasteiger partial charge in [-0.1, -0.05) is 11.6 Å². The van der Waals surface area contributed by atoms with Gasteiger partial charge in [-0.25, -0.2) is 0 Å². The maximum Gasteiger partial charge on any atom is 0.327 e. The number of hydrogen-bond donors (Lipinski definition) is 4. The van der Waals surface area contributed by atoms with Crippen molar-refractivity contribution in [2.45, 2.75) is 19.9 Å². The molecule has 1 rings (SSSR count). The highest BCUT2D eigenvalue weighted by Crippen LogP contribution is 2.13. The molecule has 0 heterocycles. The molecule has 0 saturated heterocycles. The summed E-state index contributed by atoms with van der Waals surface area (Å²) in [6.45, 7) is 3.41. The van der Waals surface area contributed by atoms with E-state index < -0.39 is 17.7 Å². The minimum absolute atomic E-state index is 0.0534. The van der Waals surface area contributed by atoms with E-state index in [1.54, 1.807) is 38.1 Å². The van der Waals surface area contributed by atoms with Gasteiger partial charge in [-0.2, -0.15) is 0 Å². The molecule has 0 aliphatic heterocycles. The van der Waals surface area contributed by atoms with Gasteiger partial charge >= 0.3 is 11.8 Å². The summed E-state index contributed by atoms with van der Waals surface area (Å²) >= 11 is 6.81. The molecule has 0 atom stereocenters. The zero-order valence-corrected chi connectivity index (χ0v) is 15.3. The van der Waals surface area contributed by atoms with E-state index in [-0.39, 0.29) is 23.5 Å². The second-order valence-electron chi connectivity index (χ2n) is 5.18. The highest BCUT2D eigenvalue weighted by Gasteiger charge is 2.15. The highest BCUT2D eigenvalue weighted by atomic mass is 35.5. The zero-order valence-electron chi connectivity index (χ0n) is 13.7. The highest BCUT2D eigenvalue weighted by molar-refractivity contribution is 8.00. The Morgan fingerprint density at radius 3 is 2.16 bits per heavy atom. The third-order valence-electron chi connectivity index (χ3n) is 2.54. The van der Waals surface area contributed by atoms with Crippen LogP contribution in [0.15, 0.2) is 24.3 Å². The van der Waals surface area contributed by atoms with Crippen molar-refractivity contribution in [3.05, 3.63) is 29.3 Å². The zero-order chi connectivity index (χ0) is 18.8. The van der Waals surface area contributed by atoms with E-state index in [9.17, 15) is 19.2 Å². The van der Waals surface area contributed by atoms with E-state index in [1.165, 1.54) is 0 Å². The predicted molar refractivity (Wildman–Crippen MR) is 97.0 cm³/mol. The Labute approximate surface area is 154 Å². The third-order valence-corrected chi connectivity index (χ3v) is 3.72. The number of anilines is 1. The van der Waals surface area contributed by atoms with Gasteiger partial charge in [0.2, 0.25) is 11.8 Å². The number of halogens is 1. The second-order valence-corrected chi connectivity index (χ2v) is 6.60. The molecule has 25 heavy (non-hydrogen) atoms. The molecule has 8 nitrogen and oxygen atoms in total. The minimum atomic E-state index is -0.965. The summed E-state index contributed by atoms with van der Waals surface area (Å²) in [6.07, 6.45) is 0. The van der Waals surface area contributed by atoms with Crippen molar-refractivity contribution >= 4 is 52.7 Å². The van der Waals surface area contributed by atoms with Crippen molar-refractivity contribution < 1.29 is 19.2 Å². The molecule has 4 N–H and O–H groups in total. The summed E-state index contributed by atoms with van der Waals surface area (Å²) in [5.74, 6) is -2.62. The monoisotopic (exact) mass is 386 g/mol. The maximum absolute atomic E-state index is 11.7. The minimum Gasteiger partial charge on any atom is -0.346 e. The molecule has 0 aromatic heterocycles. The largest absolute Gasteiger partial charge is 0.346 e. The topological polar surface area (TPSA) is 116 Å². The molecule has 0 unspecified atom stereocenters. The van der Waals surface area contributed by atoms with Crippen molar-refractivity contribution in [3.8, 4) is 0 Å². The van der Waals surface area contributed by atoms with Crippen molar-refractivity contribution in [1.29, 1.82) is 0 Å². The fourth-order valence-corrected chi connectivity index (χ4v) is 2.26. The lowest BCUT2D eigenvalue weighted by molar-refractivity contribution is -0.141. The van der Waals surface area contributed by atoms with Crippen LogP contribution >= 0.6 is 23.4 Å². The Balaban J connectivity index is 2.21. The first-order chi connectivity index (χ1) is 11.8. The number of amides is 4. The normalized spacial score (nSPS) is 10.1. The Hall–Kier alpha value is -2.26. The number of thioether (sulfide) groups is 1. The third kappa shape index (κ3) is 8.96. The number of hydrazine groups is 1. The van der Waals surface area contributed by atoms with Gasteiger partial charge in [0.25, 0.3) is 0 Å². The van der Waals surface area contributed by atoms with E-state index in [2.05, 4.69) is 16.1 Å². The van der Waals surface area contributed by atoms with E-state index in [1.807, 2.05) is 5.43 Å². The summed E-state index contributed by atoms with van der Waals surface area (Å²) in [5, 5.41) is 5.60. The van der Waals surface area contributed by atoms with Gasteiger partial charge in [0.1, 0.15) is 0 Å². The van der Waals surface area contributed by atoms with Gasteiger partial charge < -0.3 is 10.6 Å². The number of rotatable bonds is 6. The molecule has 0 aliphatic rings. The molecule has 0 aliphatic carbocycles. The van der Waals surface area contributed by atoms with E-state index in [0.717, 1.165) is 11.8 Å². The molecule has 0 bridgehead atoms. The Bertz CT molecular complexity index is 637. The lowest BCUT2D eigenvalue weighted by Crippen LogP contribution is -2.50. The van der Waals surface area contributed by atoms with Gasteiger partial charge in [-0.15, -0.1) is 11.8 Å². The molecule has 4 amide bonds. The molecule has 0 fully saturated rings. The van der Waals surface area contributed by atoms with Crippen LogP contribution in [0.25, 0.3) is 0 Å². The van der Waals surface area contributed by atoms with E-state index >= 15 is 0 Å². The molecule has 1 aromatic carbocycles. The molecule has 0 spiro atoms. The molecule has 136 valence electrons. The van der Waals surface area contributed by atoms with Crippen molar-refractivity contribution in [2.24, 2.45) is 0 Å². The Kier molecular flexibility index (Phi) is 8.79. The number of hydrogen-bond acceptors (Lipinski definition) is 5. The van der Waals surface area contributed by atoms with Gasteiger partial charge in [0.15, 0.2) is 0 Å². The summed E-state index contributed by atoms with van der Waals surface area (Å²) in [7, 11) is 0. The average Bonchev–Trinajstić information content (AvgIpc) is 2.54. The Morgan fingerprint density at radius 1 is 0.960 bits per heavy atom. The van der Waals surface area contributed by atoms with Crippen LogP contribution in [0.1, 0.15) is 13.8 Å². The standard InChI is InChI=1S/C15H19ClN4O4S/c1-9(2)17-14(23)15(24)20-19-13(22)8-25-7-12(21)18-11-5-3-10(16)4-6-11/h3-6,9H,7-8H2,1-2H3,(H,17,23)(H,18,21)(H,19,22)(H,20,24). The SMILES string of the molecule is CC(C)NC(=O)C(=O)NNC(=O)CSCC(=O)Nc1ccc(Cl)cc1. The van der Waals surface area contributed by atoms with Crippen LogP contribution < -0.4 is 21.5 Å². The van der Waals surface area contributed by atoms with Crippen molar-refractivity contribution in [2.75, 3.05) is 16.8 Å². The van der Waals surface area contributed by atoms with Crippen molar-refractivity contribution in [3.63, 3.8) is 0 Å². The van der Waals surface area contributed by atoms with Crippen LogP contribution in [-0.2, 0) is 19.2 Å². The van der Waals surface area contributed by atoms with Gasteiger partial charge in [-0.05, 0) is 38.1 Å². The lowest BCUT2D eigenvalue weighted by Gasteiger charge is -2.09. The summed E-state index contributed by atoms with van der Waals surface area (Å²) in [6, 6.07) is 6.43. The fourth-order valence-electron chi connectivity index (χ4n) is 1.51. The smallest absolute Gasteiger partial charge is 0.327 e. The van der Waals surface area contributed by atoms with Gasteiger partial charge in [0, 0.05) is 16.8 Å². The van der Waals surface area contributed by atoms with Crippen LogP contribution in [0.3, 0.4) is 0 Å². The first-order valence-corrected chi connectivity index (χ1v) is 8.84. The summed E-state index contributed by atoms with van der Waals surface area (Å²) in [4.78, 5) is 46.0. The fraction of sp³-hybridized carbons (Fsp3) is 0.333. The van der Waals surface area contributed by atoms with Crippen LogP contribution in [-0.4, -0.2) is 41.2 Å². The van der Waals surface area contributed by atoms with Crippen LogP contribution in [0.2, 0.25) is 5.02 Å². The lowest BCUT2D eigenvalue weighted by atomic mass is 10.3. The first-order valence-electron chi connectivity index (χ1n) is 7.30. The van der Waals surface area contributed by atoms with Crippen molar-refractivity contribution in [1.82, 2.24) is 16.2 Å². The molecular formula is C15H19ClN4O4S. The quantitative estimate of drug-likeness (QED) is 0.424. The number of benzene rings is 1. The number of carbonyl (C=O) groups excluding carboxylic acids is 4. The summed E-state index contributed by atoms with van der Waals surface area (Å²) in [5.41, 5.74) is 4.69. The number of nitrogens with one attached hydrogen (secondary N) is 4.